The fraction of sp³-hybridized carbons (Fsp3) is 0.556. The third kappa shape index (κ3) is 4.66. The number of hydrogen-bond acceptors (Lipinski definition) is 2. The first kappa shape index (κ1) is 10.9. The van der Waals surface area contributed by atoms with Crippen LogP contribution in [0.5, 0.6) is 0 Å². The van der Waals surface area contributed by atoms with Gasteiger partial charge in [-0.2, -0.15) is 0 Å². The van der Waals surface area contributed by atoms with Crippen LogP contribution >= 0.6 is 0 Å². The van der Waals surface area contributed by atoms with Gasteiger partial charge in [-0.3, -0.25) is 4.79 Å². The maximum absolute atomic E-state index is 10.6. The molecule has 0 atom stereocenters. The summed E-state index contributed by atoms with van der Waals surface area (Å²) in [5.74, 6) is -1.10. The molecule has 1 N–H and O–H groups in total. The lowest BCUT2D eigenvalue weighted by atomic mass is 10.1. The van der Waals surface area contributed by atoms with Crippen molar-refractivity contribution in [3.05, 3.63) is 11.6 Å². The Hall–Kier alpha value is -1.12. The number of unbranched alkanes of at least 4 members (excludes halogenated alkanes) is 1. The number of ketones is 1. The maximum Gasteiger partial charge on any atom is 0.331 e. The monoisotopic (exact) mass is 170 g/mol. The van der Waals surface area contributed by atoms with Crippen LogP contribution in [0.15, 0.2) is 11.6 Å². The van der Waals surface area contributed by atoms with E-state index in [2.05, 4.69) is 0 Å². The van der Waals surface area contributed by atoms with Crippen LogP contribution in [0.25, 0.3) is 0 Å². The number of carbonyl (C=O) groups is 2. The van der Waals surface area contributed by atoms with Crippen molar-refractivity contribution in [3.8, 4) is 0 Å². The van der Waals surface area contributed by atoms with Crippen LogP contribution in [0.3, 0.4) is 0 Å². The molecule has 0 aliphatic rings. The van der Waals surface area contributed by atoms with Crippen LogP contribution in [0.4, 0.5) is 0 Å². The molecule has 0 amide bonds. The van der Waals surface area contributed by atoms with E-state index >= 15 is 0 Å². The molecule has 0 spiro atoms. The minimum atomic E-state index is -0.987. The van der Waals surface area contributed by atoms with Crippen molar-refractivity contribution >= 4 is 11.8 Å². The van der Waals surface area contributed by atoms with Gasteiger partial charge in [-0.25, -0.2) is 4.79 Å². The van der Waals surface area contributed by atoms with E-state index < -0.39 is 5.97 Å². The summed E-state index contributed by atoms with van der Waals surface area (Å²) in [7, 11) is 0. The zero-order valence-electron chi connectivity index (χ0n) is 7.46. The second-order valence-corrected chi connectivity index (χ2v) is 2.70. The van der Waals surface area contributed by atoms with Gasteiger partial charge >= 0.3 is 5.97 Å². The first-order valence-electron chi connectivity index (χ1n) is 3.99. The highest BCUT2D eigenvalue weighted by atomic mass is 16.4. The minimum Gasteiger partial charge on any atom is -0.478 e. The molecule has 68 valence electrons. The van der Waals surface area contributed by atoms with E-state index in [-0.39, 0.29) is 17.8 Å². The first-order valence-corrected chi connectivity index (χ1v) is 3.99. The van der Waals surface area contributed by atoms with Crippen molar-refractivity contribution in [1.82, 2.24) is 0 Å². The Morgan fingerprint density at radius 3 is 2.33 bits per heavy atom. The quantitative estimate of drug-likeness (QED) is 0.640. The number of Topliss-reactive ketones (excluding diaryl/α,β-unsaturated/α-hetero) is 1. The summed E-state index contributed by atoms with van der Waals surface area (Å²) in [6, 6.07) is 0. The van der Waals surface area contributed by atoms with Crippen LogP contribution in [-0.2, 0) is 9.59 Å². The fourth-order valence-electron chi connectivity index (χ4n) is 0.822. The fourth-order valence-corrected chi connectivity index (χ4v) is 0.822. The molecule has 3 heteroatoms. The number of carbonyl (C=O) groups excluding carboxylic acids is 1. The maximum atomic E-state index is 10.6. The average Bonchev–Trinajstić information content (AvgIpc) is 1.96. The summed E-state index contributed by atoms with van der Waals surface area (Å²) in [6.07, 6.45) is 3.27. The van der Waals surface area contributed by atoms with E-state index in [1.807, 2.05) is 6.92 Å². The highest BCUT2D eigenvalue weighted by Crippen LogP contribution is 2.05. The Labute approximate surface area is 72.1 Å². The molecule has 0 aliphatic carbocycles. The molecule has 3 nitrogen and oxygen atoms in total. The second-order valence-electron chi connectivity index (χ2n) is 2.70. The van der Waals surface area contributed by atoms with Gasteiger partial charge < -0.3 is 5.11 Å². The largest absolute Gasteiger partial charge is 0.478 e. The van der Waals surface area contributed by atoms with E-state index in [1.165, 1.54) is 6.92 Å². The molecule has 0 aromatic rings. The molecule has 0 saturated heterocycles. The molecular formula is C9H14O3. The van der Waals surface area contributed by atoms with Gasteiger partial charge in [0.05, 0.1) is 0 Å². The summed E-state index contributed by atoms with van der Waals surface area (Å²) in [5, 5.41) is 8.63. The molecule has 0 aromatic heterocycles. The summed E-state index contributed by atoms with van der Waals surface area (Å²) in [4.78, 5) is 21.1. The zero-order chi connectivity index (χ0) is 9.56. The minimum absolute atomic E-state index is 0.0370. The van der Waals surface area contributed by atoms with Crippen LogP contribution in [0, 0.1) is 0 Å². The number of allylic oxidation sites excluding steroid dienone is 1. The molecule has 0 bridgehead atoms. The number of hydrogen-bond donors (Lipinski definition) is 1. The van der Waals surface area contributed by atoms with Gasteiger partial charge in [0, 0.05) is 12.0 Å². The van der Waals surface area contributed by atoms with Crippen LogP contribution in [-0.4, -0.2) is 16.9 Å². The van der Waals surface area contributed by atoms with Gasteiger partial charge in [0.15, 0.2) is 0 Å². The lowest BCUT2D eigenvalue weighted by Crippen LogP contribution is -2.04. The van der Waals surface area contributed by atoms with Crippen molar-refractivity contribution < 1.29 is 14.7 Å². The smallest absolute Gasteiger partial charge is 0.331 e. The Morgan fingerprint density at radius 1 is 1.42 bits per heavy atom. The normalized spacial score (nSPS) is 11.3. The second kappa shape index (κ2) is 5.52. The third-order valence-electron chi connectivity index (χ3n) is 1.39. The van der Waals surface area contributed by atoms with Gasteiger partial charge in [0.25, 0.3) is 0 Å². The van der Waals surface area contributed by atoms with E-state index in [9.17, 15) is 9.59 Å². The molecule has 0 saturated carbocycles. The topological polar surface area (TPSA) is 54.4 Å². The number of aliphatic carboxylic acids is 1. The molecular weight excluding hydrogens is 156 g/mol. The molecule has 0 aromatic carbocycles. The lowest BCUT2D eigenvalue weighted by Gasteiger charge is -1.97. The standard InChI is InChI=1S/C9H14O3/c1-3-4-5-8(9(11)12)6-7(2)10/h5H,3-4,6H2,1-2H3,(H,11,12). The lowest BCUT2D eigenvalue weighted by molar-refractivity contribution is -0.133. The average molecular weight is 170 g/mol. The Kier molecular flexibility index (Phi) is 5.00. The van der Waals surface area contributed by atoms with Crippen molar-refractivity contribution in [2.75, 3.05) is 0 Å². The molecule has 12 heavy (non-hydrogen) atoms. The van der Waals surface area contributed by atoms with Crippen molar-refractivity contribution in [2.24, 2.45) is 0 Å². The van der Waals surface area contributed by atoms with Gasteiger partial charge in [0.1, 0.15) is 5.78 Å². The predicted octanol–water partition coefficient (Wildman–Crippen LogP) is 1.78. The third-order valence-corrected chi connectivity index (χ3v) is 1.39. The molecule has 0 aliphatic heterocycles. The summed E-state index contributed by atoms with van der Waals surface area (Å²) in [6.45, 7) is 3.35. The summed E-state index contributed by atoms with van der Waals surface area (Å²) >= 11 is 0. The van der Waals surface area contributed by atoms with Gasteiger partial charge in [-0.15, -0.1) is 0 Å². The van der Waals surface area contributed by atoms with Crippen LogP contribution < -0.4 is 0 Å². The van der Waals surface area contributed by atoms with Gasteiger partial charge in [0.2, 0.25) is 0 Å². The van der Waals surface area contributed by atoms with E-state index in [4.69, 9.17) is 5.11 Å². The van der Waals surface area contributed by atoms with Crippen molar-refractivity contribution in [3.63, 3.8) is 0 Å². The predicted molar refractivity (Wildman–Crippen MR) is 45.9 cm³/mol. The highest BCUT2D eigenvalue weighted by molar-refractivity contribution is 5.93. The molecule has 0 rings (SSSR count). The van der Waals surface area contributed by atoms with E-state index in [0.29, 0.717) is 0 Å². The summed E-state index contributed by atoms with van der Waals surface area (Å²) < 4.78 is 0. The van der Waals surface area contributed by atoms with E-state index in [1.54, 1.807) is 6.08 Å². The van der Waals surface area contributed by atoms with Gasteiger partial charge in [-0.05, 0) is 13.3 Å². The number of rotatable bonds is 5. The summed E-state index contributed by atoms with van der Waals surface area (Å²) in [5.41, 5.74) is 0.212. The van der Waals surface area contributed by atoms with Gasteiger partial charge in [-0.1, -0.05) is 19.4 Å². The van der Waals surface area contributed by atoms with Crippen LogP contribution in [0.2, 0.25) is 0 Å². The first-order chi connectivity index (χ1) is 5.57. The highest BCUT2D eigenvalue weighted by Gasteiger charge is 2.08. The molecule has 0 unspecified atom stereocenters. The van der Waals surface area contributed by atoms with Crippen LogP contribution in [0.1, 0.15) is 33.1 Å². The zero-order valence-corrected chi connectivity index (χ0v) is 7.46. The Bertz CT molecular complexity index is 204. The molecule has 0 fully saturated rings. The van der Waals surface area contributed by atoms with E-state index in [0.717, 1.165) is 12.8 Å². The van der Waals surface area contributed by atoms with Crippen molar-refractivity contribution in [2.45, 2.75) is 33.1 Å². The van der Waals surface area contributed by atoms with Crippen molar-refractivity contribution in [1.29, 1.82) is 0 Å². The number of carboxylic acids is 1. The molecule has 0 heterocycles. The molecule has 0 radical (unpaired) electrons. The Balaban J connectivity index is 4.22. The SMILES string of the molecule is CCCC=C(CC(C)=O)C(=O)O. The Morgan fingerprint density at radius 2 is 2.00 bits per heavy atom. The number of carboxylic acid groups (broad SMARTS) is 1.